The summed E-state index contributed by atoms with van der Waals surface area (Å²) in [6, 6.07) is 4.58. The molecule has 4 heteroatoms. The summed E-state index contributed by atoms with van der Waals surface area (Å²) in [6.07, 6.45) is 1.82. The Morgan fingerprint density at radius 1 is 1.56 bits per heavy atom. The van der Waals surface area contributed by atoms with Gasteiger partial charge in [0, 0.05) is 0 Å². The van der Waals surface area contributed by atoms with Gasteiger partial charge in [0.05, 0.1) is 15.3 Å². The second-order valence-electron chi connectivity index (χ2n) is 4.11. The molecule has 1 aliphatic heterocycles. The number of thioether (sulfide) groups is 1. The lowest BCUT2D eigenvalue weighted by Crippen LogP contribution is -2.29. The van der Waals surface area contributed by atoms with Crippen LogP contribution in [0.2, 0.25) is 5.02 Å². The first-order chi connectivity index (χ1) is 7.54. The minimum Gasteiger partial charge on any atom is -0.293 e. The summed E-state index contributed by atoms with van der Waals surface area (Å²) in [5.41, 5.74) is 0.115. The first kappa shape index (κ1) is 11.9. The van der Waals surface area contributed by atoms with E-state index in [4.69, 9.17) is 11.6 Å². The smallest absolute Gasteiger partial charge is 0.181 e. The topological polar surface area (TPSA) is 17.1 Å². The molecule has 0 aromatic heterocycles. The molecule has 1 nitrogen and oxygen atoms in total. The van der Waals surface area contributed by atoms with Crippen LogP contribution >= 0.6 is 23.4 Å². The molecular weight excluding hydrogens is 247 g/mol. The van der Waals surface area contributed by atoms with Crippen molar-refractivity contribution in [1.82, 2.24) is 0 Å². The fourth-order valence-corrected chi connectivity index (χ4v) is 3.37. The van der Waals surface area contributed by atoms with E-state index in [0.717, 1.165) is 18.6 Å². The number of halogens is 2. The van der Waals surface area contributed by atoms with Gasteiger partial charge in [-0.3, -0.25) is 4.79 Å². The molecule has 1 heterocycles. The van der Waals surface area contributed by atoms with Crippen molar-refractivity contribution in [3.05, 3.63) is 34.6 Å². The van der Waals surface area contributed by atoms with Crippen molar-refractivity contribution in [2.75, 3.05) is 5.75 Å². The molecule has 0 saturated carbocycles. The largest absolute Gasteiger partial charge is 0.293 e. The van der Waals surface area contributed by atoms with Crippen LogP contribution in [-0.4, -0.2) is 16.3 Å². The van der Waals surface area contributed by atoms with Crippen LogP contribution in [0, 0.1) is 5.82 Å². The molecule has 1 atom stereocenters. The minimum atomic E-state index is -0.595. The number of carbonyl (C=O) groups is 1. The van der Waals surface area contributed by atoms with E-state index in [1.54, 1.807) is 17.8 Å². The summed E-state index contributed by atoms with van der Waals surface area (Å²) >= 11 is 7.28. The highest BCUT2D eigenvalue weighted by atomic mass is 35.5. The van der Waals surface area contributed by atoms with E-state index >= 15 is 0 Å². The molecule has 0 amide bonds. The third kappa shape index (κ3) is 1.98. The van der Waals surface area contributed by atoms with Crippen LogP contribution in [0.3, 0.4) is 0 Å². The number of hydrogen-bond acceptors (Lipinski definition) is 2. The molecule has 16 heavy (non-hydrogen) atoms. The fraction of sp³-hybridized carbons (Fsp3) is 0.417. The molecule has 86 valence electrons. The Bertz CT molecular complexity index is 427. The number of ketones is 1. The maximum absolute atomic E-state index is 13.7. The third-order valence-electron chi connectivity index (χ3n) is 2.90. The second kappa shape index (κ2) is 4.38. The number of Topliss-reactive ketones (excluding diaryl/α,β-unsaturated/α-hetero) is 1. The second-order valence-corrected chi connectivity index (χ2v) is 6.12. The number of rotatable bonds is 2. The van der Waals surface area contributed by atoms with E-state index in [2.05, 4.69) is 0 Å². The van der Waals surface area contributed by atoms with Crippen molar-refractivity contribution in [2.45, 2.75) is 24.5 Å². The van der Waals surface area contributed by atoms with Gasteiger partial charge in [-0.25, -0.2) is 4.39 Å². The van der Waals surface area contributed by atoms with E-state index in [1.807, 2.05) is 6.92 Å². The van der Waals surface area contributed by atoms with Gasteiger partial charge in [0.15, 0.2) is 11.6 Å². The number of benzene rings is 1. The van der Waals surface area contributed by atoms with E-state index < -0.39 is 10.6 Å². The molecule has 0 bridgehead atoms. The van der Waals surface area contributed by atoms with Crippen molar-refractivity contribution in [3.8, 4) is 0 Å². The maximum atomic E-state index is 13.7. The molecule has 0 radical (unpaired) electrons. The summed E-state index contributed by atoms with van der Waals surface area (Å²) in [5.74, 6) is 0.225. The highest BCUT2D eigenvalue weighted by Gasteiger charge is 2.38. The zero-order valence-electron chi connectivity index (χ0n) is 8.93. The molecule has 0 spiro atoms. The van der Waals surface area contributed by atoms with Crippen LogP contribution in [0.5, 0.6) is 0 Å². The average molecular weight is 259 g/mol. The first-order valence-electron chi connectivity index (χ1n) is 5.17. The fourth-order valence-electron chi connectivity index (χ4n) is 1.92. The molecule has 0 aliphatic carbocycles. The Morgan fingerprint density at radius 2 is 2.31 bits per heavy atom. The summed E-state index contributed by atoms with van der Waals surface area (Å²) in [5, 5.41) is 0.0115. The van der Waals surface area contributed by atoms with E-state index in [-0.39, 0.29) is 16.4 Å². The maximum Gasteiger partial charge on any atom is 0.181 e. The normalized spacial score (nSPS) is 24.7. The van der Waals surface area contributed by atoms with Gasteiger partial charge in [-0.05, 0) is 37.7 Å². The lowest BCUT2D eigenvalue weighted by Gasteiger charge is -2.21. The highest BCUT2D eigenvalue weighted by Crippen LogP contribution is 2.40. The van der Waals surface area contributed by atoms with Gasteiger partial charge < -0.3 is 0 Å². The van der Waals surface area contributed by atoms with Crippen LogP contribution in [0.1, 0.15) is 30.1 Å². The van der Waals surface area contributed by atoms with Crippen molar-refractivity contribution in [2.24, 2.45) is 0 Å². The van der Waals surface area contributed by atoms with Gasteiger partial charge in [0.25, 0.3) is 0 Å². The summed E-state index contributed by atoms with van der Waals surface area (Å²) in [4.78, 5) is 12.2. The average Bonchev–Trinajstić information content (AvgIpc) is 2.70. The highest BCUT2D eigenvalue weighted by molar-refractivity contribution is 8.01. The van der Waals surface area contributed by atoms with Crippen LogP contribution in [0.25, 0.3) is 0 Å². The zero-order chi connectivity index (χ0) is 11.8. The molecule has 1 saturated heterocycles. The minimum absolute atomic E-state index is 0.0115. The SMILES string of the molecule is CC1(C(=O)c2cccc(Cl)c2F)CCCS1. The van der Waals surface area contributed by atoms with Gasteiger partial charge >= 0.3 is 0 Å². The quantitative estimate of drug-likeness (QED) is 0.748. The van der Waals surface area contributed by atoms with Crippen LogP contribution in [-0.2, 0) is 0 Å². The van der Waals surface area contributed by atoms with Crippen molar-refractivity contribution in [3.63, 3.8) is 0 Å². The standard InChI is InChI=1S/C12H12ClFOS/c1-12(6-3-7-16-12)11(15)8-4-2-5-9(13)10(8)14/h2,4-5H,3,6-7H2,1H3. The first-order valence-corrected chi connectivity index (χ1v) is 6.54. The van der Waals surface area contributed by atoms with Gasteiger partial charge in [-0.1, -0.05) is 17.7 Å². The van der Waals surface area contributed by atoms with Crippen LogP contribution in [0.4, 0.5) is 4.39 Å². The van der Waals surface area contributed by atoms with Gasteiger partial charge in [-0.2, -0.15) is 0 Å². The predicted molar refractivity (Wildman–Crippen MR) is 65.8 cm³/mol. The third-order valence-corrected chi connectivity index (χ3v) is 4.71. The van der Waals surface area contributed by atoms with E-state index in [9.17, 15) is 9.18 Å². The van der Waals surface area contributed by atoms with Crippen molar-refractivity contribution in [1.29, 1.82) is 0 Å². The number of hydrogen-bond donors (Lipinski definition) is 0. The molecule has 1 unspecified atom stereocenters. The Balaban J connectivity index is 2.37. The van der Waals surface area contributed by atoms with Gasteiger partial charge in [0.1, 0.15) is 0 Å². The molecule has 0 N–H and O–H groups in total. The van der Waals surface area contributed by atoms with E-state index in [0.29, 0.717) is 0 Å². The number of carbonyl (C=O) groups excluding carboxylic acids is 1. The molecule has 1 aliphatic rings. The lowest BCUT2D eigenvalue weighted by molar-refractivity contribution is 0.0945. The van der Waals surface area contributed by atoms with Crippen LogP contribution < -0.4 is 0 Å². The van der Waals surface area contributed by atoms with Gasteiger partial charge in [0.2, 0.25) is 0 Å². The van der Waals surface area contributed by atoms with Crippen molar-refractivity contribution < 1.29 is 9.18 Å². The molecule has 1 aromatic carbocycles. The summed E-state index contributed by atoms with van der Waals surface area (Å²) in [6.45, 7) is 1.88. The van der Waals surface area contributed by atoms with Crippen molar-refractivity contribution >= 4 is 29.1 Å². The summed E-state index contributed by atoms with van der Waals surface area (Å²) < 4.78 is 13.2. The predicted octanol–water partition coefficient (Wildman–Crippen LogP) is 3.95. The Hall–Kier alpha value is -0.540. The molecular formula is C12H12ClFOS. The van der Waals surface area contributed by atoms with Gasteiger partial charge in [-0.15, -0.1) is 11.8 Å². The Morgan fingerprint density at radius 3 is 2.94 bits per heavy atom. The lowest BCUT2D eigenvalue weighted by atomic mass is 9.94. The monoisotopic (exact) mass is 258 g/mol. The Kier molecular flexibility index (Phi) is 3.27. The molecule has 1 fully saturated rings. The molecule has 1 aromatic rings. The molecule has 2 rings (SSSR count). The Labute approximate surface area is 103 Å². The summed E-state index contributed by atoms with van der Waals surface area (Å²) in [7, 11) is 0. The zero-order valence-corrected chi connectivity index (χ0v) is 10.5. The van der Waals surface area contributed by atoms with Crippen LogP contribution in [0.15, 0.2) is 18.2 Å². The van der Waals surface area contributed by atoms with E-state index in [1.165, 1.54) is 12.1 Å².